The molecule has 1 aromatic carbocycles. The molecule has 2 saturated heterocycles. The first-order valence-corrected chi connectivity index (χ1v) is 8.85. The van der Waals surface area contributed by atoms with Crippen molar-refractivity contribution < 1.29 is 24.1 Å². The van der Waals surface area contributed by atoms with Crippen LogP contribution in [-0.4, -0.2) is 57.7 Å². The van der Waals surface area contributed by atoms with Crippen molar-refractivity contribution >= 4 is 17.5 Å². The molecular weight excluding hydrogens is 306 g/mol. The Labute approximate surface area is 143 Å². The molecule has 2 amide bonds. The van der Waals surface area contributed by atoms with Crippen molar-refractivity contribution in [3.05, 3.63) is 24.3 Å². The summed E-state index contributed by atoms with van der Waals surface area (Å²) in [6.07, 6.45) is 1.27. The topological polar surface area (TPSA) is 55.5 Å². The summed E-state index contributed by atoms with van der Waals surface area (Å²) < 4.78 is 5.56. The second-order valence-electron chi connectivity index (χ2n) is 6.78. The number of ether oxygens (including phenoxy) is 1. The molecule has 2 aliphatic rings. The molecule has 1 atom stereocenters. The van der Waals surface area contributed by atoms with E-state index in [-0.39, 0.29) is 17.9 Å². The van der Waals surface area contributed by atoms with Crippen LogP contribution in [0.15, 0.2) is 24.3 Å². The van der Waals surface area contributed by atoms with E-state index in [0.29, 0.717) is 18.7 Å². The molecule has 0 radical (unpaired) electrons. The molecule has 0 unspecified atom stereocenters. The van der Waals surface area contributed by atoms with Crippen LogP contribution in [0, 0.1) is 0 Å². The zero-order chi connectivity index (χ0) is 17.1. The van der Waals surface area contributed by atoms with Gasteiger partial charge in [0.2, 0.25) is 5.91 Å². The van der Waals surface area contributed by atoms with Gasteiger partial charge in [0.1, 0.15) is 31.9 Å². The van der Waals surface area contributed by atoms with Crippen LogP contribution < -0.4 is 19.4 Å². The Morgan fingerprint density at radius 2 is 1.79 bits per heavy atom. The van der Waals surface area contributed by atoms with Crippen molar-refractivity contribution in [2.75, 3.05) is 44.7 Å². The summed E-state index contributed by atoms with van der Waals surface area (Å²) in [6.45, 7) is 6.73. The second kappa shape index (κ2) is 7.32. The number of amides is 2. The molecule has 130 valence electrons. The van der Waals surface area contributed by atoms with Crippen molar-refractivity contribution in [1.82, 2.24) is 0 Å². The molecule has 0 aliphatic carbocycles. The number of imide groups is 1. The monoisotopic (exact) mass is 333 g/mol. The molecule has 0 spiro atoms. The predicted molar refractivity (Wildman–Crippen MR) is 90.4 cm³/mol. The standard InChI is InChI=1S/C18H25N3O3/c1-3-12-24-15-6-4-14(5-7-15)21-17(22)13-16(18(21)23)20-10-8-19(2)9-11-20/h4-7,16H,3,8-13H2,1-2H3/p+2/t16-/m0/s1. The average Bonchev–Trinajstić information content (AvgIpc) is 2.89. The number of nitrogens with zero attached hydrogens (tertiary/aromatic N) is 1. The minimum atomic E-state index is -0.221. The zero-order valence-electron chi connectivity index (χ0n) is 14.5. The number of rotatable bonds is 5. The van der Waals surface area contributed by atoms with Gasteiger partial charge in [-0.2, -0.15) is 0 Å². The van der Waals surface area contributed by atoms with Crippen LogP contribution in [0.2, 0.25) is 0 Å². The van der Waals surface area contributed by atoms with Gasteiger partial charge in [-0.15, -0.1) is 0 Å². The number of carbonyl (C=O) groups is 2. The molecule has 3 rings (SSSR count). The van der Waals surface area contributed by atoms with Crippen LogP contribution in [0.5, 0.6) is 5.75 Å². The lowest BCUT2D eigenvalue weighted by Crippen LogP contribution is -3.29. The molecule has 1 aromatic rings. The number of hydrogen-bond acceptors (Lipinski definition) is 3. The van der Waals surface area contributed by atoms with Gasteiger partial charge in [-0.05, 0) is 30.7 Å². The largest absolute Gasteiger partial charge is 0.494 e. The van der Waals surface area contributed by atoms with Gasteiger partial charge in [0.05, 0.1) is 25.8 Å². The van der Waals surface area contributed by atoms with Gasteiger partial charge in [0, 0.05) is 0 Å². The number of carbonyl (C=O) groups excluding carboxylic acids is 2. The summed E-state index contributed by atoms with van der Waals surface area (Å²) in [7, 11) is 2.17. The highest BCUT2D eigenvalue weighted by Crippen LogP contribution is 2.24. The maximum absolute atomic E-state index is 12.8. The van der Waals surface area contributed by atoms with Crippen molar-refractivity contribution in [3.63, 3.8) is 0 Å². The van der Waals surface area contributed by atoms with Gasteiger partial charge in [-0.25, -0.2) is 4.90 Å². The molecule has 2 fully saturated rings. The number of piperazine rings is 1. The highest BCUT2D eigenvalue weighted by atomic mass is 16.5. The normalized spacial score (nSPS) is 27.6. The fraction of sp³-hybridized carbons (Fsp3) is 0.556. The molecular formula is C18H27N3O3+2. The van der Waals surface area contributed by atoms with Crippen molar-refractivity contribution in [2.24, 2.45) is 0 Å². The maximum Gasteiger partial charge on any atom is 0.292 e. The van der Waals surface area contributed by atoms with Crippen LogP contribution in [0.3, 0.4) is 0 Å². The summed E-state index contributed by atoms with van der Waals surface area (Å²) >= 11 is 0. The number of anilines is 1. The SMILES string of the molecule is CCCOc1ccc(N2C(=O)C[C@H]([NH+]3CC[NH+](C)CC3)C2=O)cc1. The number of quaternary nitrogens is 2. The lowest BCUT2D eigenvalue weighted by Gasteiger charge is -2.30. The van der Waals surface area contributed by atoms with Crippen molar-refractivity contribution in [1.29, 1.82) is 0 Å². The van der Waals surface area contributed by atoms with E-state index in [1.54, 1.807) is 12.1 Å². The molecule has 2 heterocycles. The number of benzene rings is 1. The van der Waals surface area contributed by atoms with Crippen LogP contribution in [0.25, 0.3) is 0 Å². The van der Waals surface area contributed by atoms with E-state index in [4.69, 9.17) is 4.74 Å². The first-order chi connectivity index (χ1) is 11.6. The molecule has 2 aliphatic heterocycles. The Morgan fingerprint density at radius 3 is 2.42 bits per heavy atom. The molecule has 6 heteroatoms. The smallest absolute Gasteiger partial charge is 0.292 e. The second-order valence-corrected chi connectivity index (χ2v) is 6.78. The summed E-state index contributed by atoms with van der Waals surface area (Å²) in [5.41, 5.74) is 0.649. The van der Waals surface area contributed by atoms with Gasteiger partial charge in [-0.3, -0.25) is 9.59 Å². The number of hydrogen-bond donors (Lipinski definition) is 2. The zero-order valence-corrected chi connectivity index (χ0v) is 14.5. The average molecular weight is 333 g/mol. The van der Waals surface area contributed by atoms with Crippen LogP contribution in [-0.2, 0) is 9.59 Å². The molecule has 0 saturated carbocycles. The van der Waals surface area contributed by atoms with Crippen LogP contribution >= 0.6 is 0 Å². The Kier molecular flexibility index (Phi) is 5.16. The molecule has 2 N–H and O–H groups in total. The molecule has 24 heavy (non-hydrogen) atoms. The van der Waals surface area contributed by atoms with E-state index in [1.807, 2.05) is 12.1 Å². The van der Waals surface area contributed by atoms with Gasteiger partial charge < -0.3 is 14.5 Å². The van der Waals surface area contributed by atoms with E-state index in [1.165, 1.54) is 14.7 Å². The highest BCUT2D eigenvalue weighted by Gasteiger charge is 2.46. The quantitative estimate of drug-likeness (QED) is 0.647. The molecule has 0 aromatic heterocycles. The van der Waals surface area contributed by atoms with E-state index in [0.717, 1.165) is 38.3 Å². The Morgan fingerprint density at radius 1 is 1.12 bits per heavy atom. The molecule has 0 bridgehead atoms. The maximum atomic E-state index is 12.8. The van der Waals surface area contributed by atoms with Gasteiger partial charge in [-0.1, -0.05) is 6.92 Å². The van der Waals surface area contributed by atoms with Crippen LogP contribution in [0.4, 0.5) is 5.69 Å². The summed E-state index contributed by atoms with van der Waals surface area (Å²) in [5.74, 6) is 0.617. The van der Waals surface area contributed by atoms with Crippen molar-refractivity contribution in [2.45, 2.75) is 25.8 Å². The van der Waals surface area contributed by atoms with Gasteiger partial charge >= 0.3 is 0 Å². The first kappa shape index (κ1) is 16.9. The Hall–Kier alpha value is -1.92. The number of likely N-dealkylation sites (N-methyl/N-ethyl adjacent to an activating group) is 1. The third-order valence-corrected chi connectivity index (χ3v) is 4.95. The third kappa shape index (κ3) is 3.44. The number of nitrogens with one attached hydrogen (secondary N) is 2. The van der Waals surface area contributed by atoms with E-state index >= 15 is 0 Å². The lowest BCUT2D eigenvalue weighted by atomic mass is 10.2. The highest BCUT2D eigenvalue weighted by molar-refractivity contribution is 6.21. The first-order valence-electron chi connectivity index (χ1n) is 8.85. The Balaban J connectivity index is 1.70. The van der Waals surface area contributed by atoms with Gasteiger partial charge in [0.15, 0.2) is 6.04 Å². The Bertz CT molecular complexity index is 594. The van der Waals surface area contributed by atoms with E-state index in [9.17, 15) is 9.59 Å². The van der Waals surface area contributed by atoms with Crippen molar-refractivity contribution in [3.8, 4) is 5.75 Å². The van der Waals surface area contributed by atoms with E-state index < -0.39 is 0 Å². The third-order valence-electron chi connectivity index (χ3n) is 4.95. The lowest BCUT2D eigenvalue weighted by molar-refractivity contribution is -1.01. The van der Waals surface area contributed by atoms with E-state index in [2.05, 4.69) is 14.0 Å². The molecule has 6 nitrogen and oxygen atoms in total. The fourth-order valence-corrected chi connectivity index (χ4v) is 3.48. The fourth-order valence-electron chi connectivity index (χ4n) is 3.48. The minimum absolute atomic E-state index is 0.0585. The van der Waals surface area contributed by atoms with Gasteiger partial charge in [0.25, 0.3) is 5.91 Å². The summed E-state index contributed by atoms with van der Waals surface area (Å²) in [4.78, 5) is 29.3. The minimum Gasteiger partial charge on any atom is -0.494 e. The predicted octanol–water partition coefficient (Wildman–Crippen LogP) is -1.48. The van der Waals surface area contributed by atoms with Crippen LogP contribution in [0.1, 0.15) is 19.8 Å². The summed E-state index contributed by atoms with van der Waals surface area (Å²) in [6, 6.07) is 7.02. The summed E-state index contributed by atoms with van der Waals surface area (Å²) in [5, 5.41) is 0.